The molecule has 2 N–H and O–H groups in total. The highest BCUT2D eigenvalue weighted by atomic mass is 16.5. The zero-order valence-electron chi connectivity index (χ0n) is 11.1. The first-order valence-electron chi connectivity index (χ1n) is 6.74. The Labute approximate surface area is 113 Å². The second-order valence-corrected chi connectivity index (χ2v) is 4.94. The van der Waals surface area contributed by atoms with E-state index < -0.39 is 0 Å². The maximum absolute atomic E-state index is 5.31. The molecular formula is C15H19N3O. The van der Waals surface area contributed by atoms with Gasteiger partial charge in [0.2, 0.25) is 0 Å². The summed E-state index contributed by atoms with van der Waals surface area (Å²) >= 11 is 0. The number of fused-ring (bicyclic) bond motifs is 1. The van der Waals surface area contributed by atoms with E-state index >= 15 is 0 Å². The number of aryl methyl sites for hydroxylation is 1. The second kappa shape index (κ2) is 5.45. The summed E-state index contributed by atoms with van der Waals surface area (Å²) in [5, 5.41) is 3.62. The Hall–Kier alpha value is -1.81. The maximum Gasteiger partial charge on any atom is 0.119 e. The number of aromatic nitrogens is 2. The summed E-state index contributed by atoms with van der Waals surface area (Å²) in [5.74, 6) is 0.945. The monoisotopic (exact) mass is 257 g/mol. The molecule has 1 atom stereocenters. The topological polar surface area (TPSA) is 49.9 Å². The van der Waals surface area contributed by atoms with Crippen molar-refractivity contribution in [2.75, 3.05) is 13.7 Å². The van der Waals surface area contributed by atoms with Gasteiger partial charge in [-0.1, -0.05) is 6.07 Å². The molecular weight excluding hydrogens is 238 g/mol. The molecule has 3 rings (SSSR count). The number of ether oxygens (including phenoxy) is 1. The molecule has 0 saturated heterocycles. The predicted molar refractivity (Wildman–Crippen MR) is 74.4 cm³/mol. The lowest BCUT2D eigenvalue weighted by molar-refractivity contribution is 0.413. The number of hydrogen-bond acceptors (Lipinski definition) is 3. The van der Waals surface area contributed by atoms with Crippen molar-refractivity contribution in [2.24, 2.45) is 0 Å². The summed E-state index contributed by atoms with van der Waals surface area (Å²) < 4.78 is 5.31. The van der Waals surface area contributed by atoms with E-state index in [4.69, 9.17) is 4.74 Å². The van der Waals surface area contributed by atoms with E-state index in [1.165, 1.54) is 23.2 Å². The van der Waals surface area contributed by atoms with Crippen molar-refractivity contribution in [3.8, 4) is 5.75 Å². The summed E-state index contributed by atoms with van der Waals surface area (Å²) in [5.41, 5.74) is 4.01. The van der Waals surface area contributed by atoms with E-state index in [1.807, 2.05) is 12.3 Å². The molecule has 0 spiro atoms. The van der Waals surface area contributed by atoms with Crippen LogP contribution in [0, 0.1) is 0 Å². The molecule has 0 fully saturated rings. The third-order valence-corrected chi connectivity index (χ3v) is 3.77. The van der Waals surface area contributed by atoms with E-state index in [9.17, 15) is 0 Å². The van der Waals surface area contributed by atoms with Crippen LogP contribution in [0.15, 0.2) is 30.7 Å². The molecule has 100 valence electrons. The lowest BCUT2D eigenvalue weighted by atomic mass is 10.1. The zero-order chi connectivity index (χ0) is 13.1. The predicted octanol–water partition coefficient (Wildman–Crippen LogP) is 2.24. The van der Waals surface area contributed by atoms with Crippen molar-refractivity contribution in [3.63, 3.8) is 0 Å². The minimum atomic E-state index is 0.452. The first-order valence-corrected chi connectivity index (χ1v) is 6.74. The van der Waals surface area contributed by atoms with E-state index in [-0.39, 0.29) is 0 Å². The van der Waals surface area contributed by atoms with Crippen LogP contribution in [0.25, 0.3) is 0 Å². The fourth-order valence-corrected chi connectivity index (χ4v) is 2.72. The second-order valence-electron chi connectivity index (χ2n) is 4.94. The number of rotatable bonds is 5. The molecule has 1 aromatic heterocycles. The van der Waals surface area contributed by atoms with Gasteiger partial charge in [0.05, 0.1) is 13.4 Å². The van der Waals surface area contributed by atoms with E-state index in [1.54, 1.807) is 13.4 Å². The van der Waals surface area contributed by atoms with Gasteiger partial charge in [-0.3, -0.25) is 0 Å². The van der Waals surface area contributed by atoms with Gasteiger partial charge in [0.25, 0.3) is 0 Å². The van der Waals surface area contributed by atoms with Crippen LogP contribution >= 0.6 is 0 Å². The molecule has 1 aromatic carbocycles. The van der Waals surface area contributed by atoms with Crippen molar-refractivity contribution in [2.45, 2.75) is 25.3 Å². The highest BCUT2D eigenvalue weighted by Gasteiger charge is 2.22. The highest BCUT2D eigenvalue weighted by molar-refractivity contribution is 5.40. The van der Waals surface area contributed by atoms with E-state index in [0.717, 1.165) is 25.1 Å². The van der Waals surface area contributed by atoms with Crippen molar-refractivity contribution in [1.29, 1.82) is 0 Å². The minimum absolute atomic E-state index is 0.452. The van der Waals surface area contributed by atoms with Gasteiger partial charge in [-0.25, -0.2) is 4.98 Å². The van der Waals surface area contributed by atoms with Gasteiger partial charge in [0, 0.05) is 30.9 Å². The molecule has 0 radical (unpaired) electrons. The van der Waals surface area contributed by atoms with E-state index in [0.29, 0.717) is 6.04 Å². The van der Waals surface area contributed by atoms with Crippen LogP contribution < -0.4 is 10.1 Å². The minimum Gasteiger partial charge on any atom is -0.497 e. The van der Waals surface area contributed by atoms with Gasteiger partial charge in [0.1, 0.15) is 5.75 Å². The van der Waals surface area contributed by atoms with Crippen molar-refractivity contribution in [3.05, 3.63) is 47.5 Å². The van der Waals surface area contributed by atoms with Crippen LogP contribution in [0.5, 0.6) is 5.75 Å². The van der Waals surface area contributed by atoms with E-state index in [2.05, 4.69) is 27.4 Å². The highest BCUT2D eigenvalue weighted by Crippen LogP contribution is 2.33. The quantitative estimate of drug-likeness (QED) is 0.863. The van der Waals surface area contributed by atoms with Gasteiger partial charge >= 0.3 is 0 Å². The molecule has 1 aliphatic rings. The molecule has 2 aromatic rings. The molecule has 19 heavy (non-hydrogen) atoms. The molecule has 0 saturated carbocycles. The number of benzene rings is 1. The number of hydrogen-bond donors (Lipinski definition) is 2. The largest absolute Gasteiger partial charge is 0.497 e. The van der Waals surface area contributed by atoms with Crippen LogP contribution in [0.2, 0.25) is 0 Å². The van der Waals surface area contributed by atoms with Crippen molar-refractivity contribution < 1.29 is 4.74 Å². The first kappa shape index (κ1) is 12.2. The molecule has 4 heteroatoms. The number of nitrogens with zero attached hydrogens (tertiary/aromatic N) is 1. The van der Waals surface area contributed by atoms with Gasteiger partial charge < -0.3 is 15.0 Å². The van der Waals surface area contributed by atoms with Gasteiger partial charge in [-0.2, -0.15) is 0 Å². The Morgan fingerprint density at radius 3 is 3.21 bits per heavy atom. The molecule has 1 heterocycles. The van der Waals surface area contributed by atoms with Crippen LogP contribution in [0.3, 0.4) is 0 Å². The maximum atomic E-state index is 5.31. The number of H-pyrrole nitrogens is 1. The molecule has 0 amide bonds. The smallest absolute Gasteiger partial charge is 0.119 e. The Morgan fingerprint density at radius 2 is 2.42 bits per heavy atom. The molecule has 0 aliphatic heterocycles. The van der Waals surface area contributed by atoms with Crippen molar-refractivity contribution >= 4 is 0 Å². The SMILES string of the molecule is COc1ccc2c(c1)C(NCCc1cnc[nH]1)CC2. The third kappa shape index (κ3) is 2.63. The number of methoxy groups -OCH3 is 1. The first-order chi connectivity index (χ1) is 9.36. The summed E-state index contributed by atoms with van der Waals surface area (Å²) in [6.07, 6.45) is 6.92. The fourth-order valence-electron chi connectivity index (χ4n) is 2.72. The van der Waals surface area contributed by atoms with Crippen LogP contribution in [0.4, 0.5) is 0 Å². The van der Waals surface area contributed by atoms with Crippen molar-refractivity contribution in [1.82, 2.24) is 15.3 Å². The molecule has 1 aliphatic carbocycles. The summed E-state index contributed by atoms with van der Waals surface area (Å²) in [6.45, 7) is 0.962. The Kier molecular flexibility index (Phi) is 3.51. The zero-order valence-corrected chi connectivity index (χ0v) is 11.1. The molecule has 4 nitrogen and oxygen atoms in total. The van der Waals surface area contributed by atoms with Gasteiger partial charge in [-0.15, -0.1) is 0 Å². The van der Waals surface area contributed by atoms with Gasteiger partial charge in [0.15, 0.2) is 0 Å². The van der Waals surface area contributed by atoms with Crippen LogP contribution in [0.1, 0.15) is 29.3 Å². The Morgan fingerprint density at radius 1 is 1.47 bits per heavy atom. The third-order valence-electron chi connectivity index (χ3n) is 3.77. The Bertz CT molecular complexity index is 536. The normalized spacial score (nSPS) is 17.4. The molecule has 0 bridgehead atoms. The fraction of sp³-hybridized carbons (Fsp3) is 0.400. The lowest BCUT2D eigenvalue weighted by Gasteiger charge is -2.14. The summed E-state index contributed by atoms with van der Waals surface area (Å²) in [6, 6.07) is 6.85. The van der Waals surface area contributed by atoms with Gasteiger partial charge in [-0.05, 0) is 36.1 Å². The molecule has 1 unspecified atom stereocenters. The Balaban J connectivity index is 1.62. The summed E-state index contributed by atoms with van der Waals surface area (Å²) in [4.78, 5) is 7.16. The lowest BCUT2D eigenvalue weighted by Crippen LogP contribution is -2.22. The van der Waals surface area contributed by atoms with Crippen LogP contribution in [-0.2, 0) is 12.8 Å². The number of imidazole rings is 1. The van der Waals surface area contributed by atoms with Crippen LogP contribution in [-0.4, -0.2) is 23.6 Å². The average molecular weight is 257 g/mol. The number of nitrogens with one attached hydrogen (secondary N) is 2. The number of aromatic amines is 1. The average Bonchev–Trinajstić information content (AvgIpc) is 3.08. The standard InChI is InChI=1S/C15H19N3O/c1-19-13-4-2-11-3-5-15(14(11)8-13)17-7-6-12-9-16-10-18-12/h2,4,8-10,15,17H,3,5-7H2,1H3,(H,16,18). The summed E-state index contributed by atoms with van der Waals surface area (Å²) in [7, 11) is 1.72.